The van der Waals surface area contributed by atoms with Gasteiger partial charge in [0.05, 0.1) is 0 Å². The molecule has 0 saturated heterocycles. The van der Waals surface area contributed by atoms with Gasteiger partial charge in [-0.1, -0.05) is 32.0 Å². The van der Waals surface area contributed by atoms with E-state index in [1.165, 1.54) is 6.07 Å². The number of thioether (sulfide) groups is 1. The Bertz CT molecular complexity index is 326. The second kappa shape index (κ2) is 7.72. The van der Waals surface area contributed by atoms with E-state index in [4.69, 9.17) is 0 Å². The summed E-state index contributed by atoms with van der Waals surface area (Å²) in [5.41, 5.74) is 0.817. The zero-order valence-electron chi connectivity index (χ0n) is 10.9. The summed E-state index contributed by atoms with van der Waals surface area (Å²) in [7, 11) is 0. The number of hydrogen-bond acceptors (Lipinski definition) is 2. The molecule has 3 heteroatoms. The van der Waals surface area contributed by atoms with Crippen LogP contribution in [0.1, 0.15) is 31.6 Å². The Balaban J connectivity index is 2.40. The lowest BCUT2D eigenvalue weighted by molar-refractivity contribution is 0.324. The van der Waals surface area contributed by atoms with E-state index in [1.807, 2.05) is 23.9 Å². The van der Waals surface area contributed by atoms with Gasteiger partial charge in [0.2, 0.25) is 0 Å². The molecule has 1 atom stereocenters. The molecule has 0 saturated carbocycles. The molecule has 0 amide bonds. The Hall–Kier alpha value is -0.540. The van der Waals surface area contributed by atoms with Crippen molar-refractivity contribution in [3.8, 4) is 0 Å². The first kappa shape index (κ1) is 14.5. The Labute approximate surface area is 108 Å². The highest BCUT2D eigenvalue weighted by atomic mass is 32.2. The molecular weight excluding hydrogens is 233 g/mol. The molecule has 0 radical (unpaired) electrons. The van der Waals surface area contributed by atoms with Crippen LogP contribution in [0.25, 0.3) is 0 Å². The average Bonchev–Trinajstić information content (AvgIpc) is 2.35. The van der Waals surface area contributed by atoms with Crippen LogP contribution in [-0.4, -0.2) is 30.3 Å². The predicted octanol–water partition coefficient (Wildman–Crippen LogP) is 3.96. The lowest BCUT2D eigenvalue weighted by Crippen LogP contribution is -2.25. The fourth-order valence-electron chi connectivity index (χ4n) is 1.79. The second-order valence-corrected chi connectivity index (χ2v) is 5.51. The van der Waals surface area contributed by atoms with Crippen molar-refractivity contribution < 1.29 is 4.39 Å². The maximum atomic E-state index is 13.5. The summed E-state index contributed by atoms with van der Waals surface area (Å²) in [6.07, 6.45) is 0. The van der Waals surface area contributed by atoms with Gasteiger partial charge < -0.3 is 4.90 Å². The van der Waals surface area contributed by atoms with Crippen LogP contribution in [0.5, 0.6) is 0 Å². The smallest absolute Gasteiger partial charge is 0.127 e. The Kier molecular flexibility index (Phi) is 6.60. The third-order valence-corrected chi connectivity index (χ3v) is 4.19. The van der Waals surface area contributed by atoms with Crippen molar-refractivity contribution in [1.29, 1.82) is 0 Å². The summed E-state index contributed by atoms with van der Waals surface area (Å²) in [5, 5.41) is 0.228. The molecule has 96 valence electrons. The van der Waals surface area contributed by atoms with Gasteiger partial charge in [-0.05, 0) is 26.1 Å². The van der Waals surface area contributed by atoms with Gasteiger partial charge in [0.25, 0.3) is 0 Å². The molecule has 0 bridgehead atoms. The fourth-order valence-corrected chi connectivity index (χ4v) is 2.88. The largest absolute Gasteiger partial charge is 0.303 e. The highest BCUT2D eigenvalue weighted by Gasteiger charge is 2.10. The van der Waals surface area contributed by atoms with Crippen molar-refractivity contribution in [2.75, 3.05) is 25.4 Å². The Morgan fingerprint density at radius 3 is 2.47 bits per heavy atom. The molecule has 1 aromatic rings. The summed E-state index contributed by atoms with van der Waals surface area (Å²) in [4.78, 5) is 2.39. The van der Waals surface area contributed by atoms with E-state index >= 15 is 0 Å². The van der Waals surface area contributed by atoms with Gasteiger partial charge in [0.15, 0.2) is 0 Å². The van der Waals surface area contributed by atoms with Crippen LogP contribution in [0.4, 0.5) is 4.39 Å². The van der Waals surface area contributed by atoms with Crippen LogP contribution < -0.4 is 0 Å². The standard InChI is InChI=1S/C14H22FNS/c1-4-16(5-2)10-11-17-12(3)13-8-6-7-9-14(13)15/h6-9,12H,4-5,10-11H2,1-3H3/t12-/m1/s1. The van der Waals surface area contributed by atoms with Crippen LogP contribution in [0.15, 0.2) is 24.3 Å². The highest BCUT2D eigenvalue weighted by Crippen LogP contribution is 2.29. The monoisotopic (exact) mass is 255 g/mol. The van der Waals surface area contributed by atoms with E-state index in [-0.39, 0.29) is 11.1 Å². The van der Waals surface area contributed by atoms with Crippen LogP contribution >= 0.6 is 11.8 Å². The maximum Gasteiger partial charge on any atom is 0.127 e. The molecule has 0 N–H and O–H groups in total. The van der Waals surface area contributed by atoms with E-state index in [2.05, 4.69) is 25.7 Å². The van der Waals surface area contributed by atoms with Gasteiger partial charge >= 0.3 is 0 Å². The van der Waals surface area contributed by atoms with E-state index in [0.717, 1.165) is 31.0 Å². The molecule has 0 aliphatic heterocycles. The third kappa shape index (κ3) is 4.68. The minimum absolute atomic E-state index is 0.0876. The maximum absolute atomic E-state index is 13.5. The topological polar surface area (TPSA) is 3.24 Å². The fraction of sp³-hybridized carbons (Fsp3) is 0.571. The first-order valence-electron chi connectivity index (χ1n) is 6.27. The molecule has 1 nitrogen and oxygen atoms in total. The first-order valence-corrected chi connectivity index (χ1v) is 7.32. The number of halogens is 1. The number of nitrogens with zero attached hydrogens (tertiary/aromatic N) is 1. The molecule has 0 fully saturated rings. The van der Waals surface area contributed by atoms with Gasteiger partial charge in [0.1, 0.15) is 5.82 Å². The molecule has 0 aliphatic rings. The van der Waals surface area contributed by atoms with E-state index in [0.29, 0.717) is 0 Å². The summed E-state index contributed by atoms with van der Waals surface area (Å²) in [6, 6.07) is 7.06. The molecule has 17 heavy (non-hydrogen) atoms. The Morgan fingerprint density at radius 1 is 1.24 bits per heavy atom. The minimum Gasteiger partial charge on any atom is -0.303 e. The predicted molar refractivity (Wildman–Crippen MR) is 75.1 cm³/mol. The van der Waals surface area contributed by atoms with Gasteiger partial charge in [-0.15, -0.1) is 0 Å². The van der Waals surface area contributed by atoms with Crippen molar-refractivity contribution in [2.45, 2.75) is 26.0 Å². The SMILES string of the molecule is CCN(CC)CCS[C@H](C)c1ccccc1F. The minimum atomic E-state index is -0.0876. The van der Waals surface area contributed by atoms with Crippen molar-refractivity contribution in [3.63, 3.8) is 0 Å². The quantitative estimate of drug-likeness (QED) is 0.725. The number of rotatable bonds is 7. The van der Waals surface area contributed by atoms with Crippen molar-refractivity contribution in [2.24, 2.45) is 0 Å². The molecule has 1 aromatic carbocycles. The van der Waals surface area contributed by atoms with Crippen LogP contribution in [0.3, 0.4) is 0 Å². The number of benzene rings is 1. The van der Waals surface area contributed by atoms with Crippen molar-refractivity contribution in [1.82, 2.24) is 4.90 Å². The molecule has 1 rings (SSSR count). The van der Waals surface area contributed by atoms with Gasteiger partial charge in [-0.2, -0.15) is 11.8 Å². The zero-order valence-corrected chi connectivity index (χ0v) is 11.8. The molecule has 0 unspecified atom stereocenters. The second-order valence-electron chi connectivity index (χ2n) is 4.06. The summed E-state index contributed by atoms with van der Waals surface area (Å²) < 4.78 is 13.5. The van der Waals surface area contributed by atoms with E-state index < -0.39 is 0 Å². The summed E-state index contributed by atoms with van der Waals surface area (Å²) in [6.45, 7) is 9.68. The van der Waals surface area contributed by atoms with Crippen molar-refractivity contribution >= 4 is 11.8 Å². The molecule has 0 aliphatic carbocycles. The van der Waals surface area contributed by atoms with E-state index in [9.17, 15) is 4.39 Å². The van der Waals surface area contributed by atoms with E-state index in [1.54, 1.807) is 6.07 Å². The Morgan fingerprint density at radius 2 is 1.88 bits per heavy atom. The molecular formula is C14H22FNS. The van der Waals surface area contributed by atoms with Crippen LogP contribution in [0.2, 0.25) is 0 Å². The summed E-state index contributed by atoms with van der Waals surface area (Å²) in [5.74, 6) is 0.965. The molecule has 0 heterocycles. The van der Waals surface area contributed by atoms with Gasteiger partial charge in [-0.3, -0.25) is 0 Å². The molecule has 0 spiro atoms. The average molecular weight is 255 g/mol. The summed E-state index contributed by atoms with van der Waals surface area (Å²) >= 11 is 1.82. The lowest BCUT2D eigenvalue weighted by atomic mass is 10.1. The lowest BCUT2D eigenvalue weighted by Gasteiger charge is -2.19. The number of hydrogen-bond donors (Lipinski definition) is 0. The highest BCUT2D eigenvalue weighted by molar-refractivity contribution is 7.99. The van der Waals surface area contributed by atoms with Crippen molar-refractivity contribution in [3.05, 3.63) is 35.6 Å². The normalized spacial score (nSPS) is 13.0. The van der Waals surface area contributed by atoms with Gasteiger partial charge in [-0.25, -0.2) is 4.39 Å². The van der Waals surface area contributed by atoms with Crippen LogP contribution in [0, 0.1) is 5.82 Å². The molecule has 0 aromatic heterocycles. The first-order chi connectivity index (χ1) is 8.19. The zero-order chi connectivity index (χ0) is 12.7. The third-order valence-electron chi connectivity index (χ3n) is 3.01. The van der Waals surface area contributed by atoms with Crippen LogP contribution in [-0.2, 0) is 0 Å². The van der Waals surface area contributed by atoms with Gasteiger partial charge in [0, 0.05) is 23.1 Å².